The van der Waals surface area contributed by atoms with Gasteiger partial charge in [-0.05, 0) is 41.5 Å². The number of fused-ring (bicyclic) bond motifs is 1. The first-order valence-corrected chi connectivity index (χ1v) is 11.4. The molecule has 0 aliphatic carbocycles. The predicted octanol–water partition coefficient (Wildman–Crippen LogP) is 5.97. The van der Waals surface area contributed by atoms with Crippen LogP contribution >= 0.6 is 11.8 Å². The van der Waals surface area contributed by atoms with Gasteiger partial charge in [-0.15, -0.1) is 0 Å². The monoisotopic (exact) mass is 438 g/mol. The molecule has 0 spiro atoms. The molecule has 1 fully saturated rings. The van der Waals surface area contributed by atoms with Crippen molar-refractivity contribution >= 4 is 39.9 Å². The first-order chi connectivity index (χ1) is 15.7. The molecule has 32 heavy (non-hydrogen) atoms. The molecule has 2 amide bonds. The van der Waals surface area contributed by atoms with E-state index in [2.05, 4.69) is 35.0 Å². The summed E-state index contributed by atoms with van der Waals surface area (Å²) < 4.78 is 2.19. The molecule has 3 aromatic carbocycles. The van der Waals surface area contributed by atoms with Gasteiger partial charge in [0.2, 0.25) is 0 Å². The molecular weight excluding hydrogens is 416 g/mol. The zero-order chi connectivity index (χ0) is 21.9. The number of rotatable bonds is 6. The Bertz CT molecular complexity index is 1310. The molecule has 5 rings (SSSR count). The Morgan fingerprint density at radius 2 is 1.44 bits per heavy atom. The molecular formula is C27H22N2O2S. The number of hydrogen-bond donors (Lipinski definition) is 0. The van der Waals surface area contributed by atoms with Crippen molar-refractivity contribution in [2.75, 3.05) is 6.54 Å². The van der Waals surface area contributed by atoms with Crippen molar-refractivity contribution in [3.8, 4) is 0 Å². The van der Waals surface area contributed by atoms with Crippen LogP contribution in [0, 0.1) is 0 Å². The molecule has 158 valence electrons. The maximum absolute atomic E-state index is 13.0. The van der Waals surface area contributed by atoms with Crippen molar-refractivity contribution in [1.29, 1.82) is 0 Å². The first-order valence-electron chi connectivity index (χ1n) is 10.6. The summed E-state index contributed by atoms with van der Waals surface area (Å²) in [4.78, 5) is 27.4. The second kappa shape index (κ2) is 8.89. The van der Waals surface area contributed by atoms with Crippen molar-refractivity contribution in [3.63, 3.8) is 0 Å². The largest absolute Gasteiger partial charge is 0.342 e. The lowest BCUT2D eigenvalue weighted by Crippen LogP contribution is -2.30. The van der Waals surface area contributed by atoms with Gasteiger partial charge in [0.15, 0.2) is 0 Å². The van der Waals surface area contributed by atoms with Crippen LogP contribution in [0.1, 0.15) is 16.7 Å². The molecule has 0 bridgehead atoms. The third-order valence-electron chi connectivity index (χ3n) is 5.64. The fourth-order valence-electron chi connectivity index (χ4n) is 4.02. The Kier molecular flexibility index (Phi) is 5.65. The lowest BCUT2D eigenvalue weighted by atomic mass is 10.1. The minimum Gasteiger partial charge on any atom is -0.342 e. The maximum atomic E-state index is 13.0. The predicted molar refractivity (Wildman–Crippen MR) is 130 cm³/mol. The Morgan fingerprint density at radius 1 is 0.781 bits per heavy atom. The van der Waals surface area contributed by atoms with Gasteiger partial charge >= 0.3 is 0 Å². The summed E-state index contributed by atoms with van der Waals surface area (Å²) >= 11 is 1.02. The second-order valence-electron chi connectivity index (χ2n) is 7.78. The van der Waals surface area contributed by atoms with E-state index in [0.717, 1.165) is 40.3 Å². The van der Waals surface area contributed by atoms with Crippen molar-refractivity contribution < 1.29 is 9.59 Å². The highest BCUT2D eigenvalue weighted by Crippen LogP contribution is 2.34. The minimum absolute atomic E-state index is 0.204. The number of hydrogen-bond acceptors (Lipinski definition) is 3. The Morgan fingerprint density at radius 3 is 2.19 bits per heavy atom. The summed E-state index contributed by atoms with van der Waals surface area (Å²) in [5, 5.41) is 0.865. The number of carbonyl (C=O) groups is 2. The van der Waals surface area contributed by atoms with Crippen LogP contribution in [-0.4, -0.2) is 27.2 Å². The highest BCUT2D eigenvalue weighted by molar-refractivity contribution is 8.18. The van der Waals surface area contributed by atoms with Gasteiger partial charge in [-0.3, -0.25) is 14.5 Å². The summed E-state index contributed by atoms with van der Waals surface area (Å²) in [7, 11) is 0. The third kappa shape index (κ3) is 4.12. The molecule has 0 N–H and O–H groups in total. The number of imide groups is 1. The molecule has 1 aliphatic rings. The van der Waals surface area contributed by atoms with Crippen LogP contribution in [0.15, 0.2) is 96.0 Å². The van der Waals surface area contributed by atoms with Gasteiger partial charge < -0.3 is 4.57 Å². The molecule has 5 heteroatoms. The Hall–Kier alpha value is -3.57. The number of para-hydroxylation sites is 1. The number of thioether (sulfide) groups is 1. The average molecular weight is 439 g/mol. The summed E-state index contributed by atoms with van der Waals surface area (Å²) in [5.74, 6) is -0.212. The van der Waals surface area contributed by atoms with Crippen molar-refractivity contribution in [2.45, 2.75) is 13.0 Å². The molecule has 1 aliphatic heterocycles. The van der Waals surface area contributed by atoms with E-state index in [1.807, 2.05) is 66.7 Å². The Balaban J connectivity index is 1.41. The highest BCUT2D eigenvalue weighted by atomic mass is 32.2. The fraction of sp³-hybridized carbons (Fsp3) is 0.111. The van der Waals surface area contributed by atoms with Crippen LogP contribution in [0.3, 0.4) is 0 Å². The van der Waals surface area contributed by atoms with E-state index in [1.165, 1.54) is 10.5 Å². The van der Waals surface area contributed by atoms with Gasteiger partial charge in [0.05, 0.1) is 4.91 Å². The number of aromatic nitrogens is 1. The van der Waals surface area contributed by atoms with Gasteiger partial charge in [0.25, 0.3) is 11.1 Å². The summed E-state index contributed by atoms with van der Waals surface area (Å²) in [6.07, 6.45) is 4.58. The quantitative estimate of drug-likeness (QED) is 0.348. The van der Waals surface area contributed by atoms with E-state index in [4.69, 9.17) is 0 Å². The molecule has 0 saturated carbocycles. The van der Waals surface area contributed by atoms with Crippen molar-refractivity contribution in [1.82, 2.24) is 9.47 Å². The number of benzene rings is 3. The van der Waals surface area contributed by atoms with Gasteiger partial charge in [-0.1, -0.05) is 78.9 Å². The van der Waals surface area contributed by atoms with E-state index in [9.17, 15) is 9.59 Å². The van der Waals surface area contributed by atoms with Crippen molar-refractivity contribution in [2.24, 2.45) is 0 Å². The summed E-state index contributed by atoms with van der Waals surface area (Å²) in [5.41, 5.74) is 4.37. The van der Waals surface area contributed by atoms with Crippen LogP contribution in [0.2, 0.25) is 0 Å². The fourth-order valence-corrected chi connectivity index (χ4v) is 4.88. The van der Waals surface area contributed by atoms with Gasteiger partial charge in [-0.2, -0.15) is 0 Å². The molecule has 0 radical (unpaired) electrons. The molecule has 0 atom stereocenters. The normalized spacial score (nSPS) is 15.2. The summed E-state index contributed by atoms with van der Waals surface area (Å²) in [6.45, 7) is 1.13. The number of carbonyl (C=O) groups excluding carboxylic acids is 2. The second-order valence-corrected chi connectivity index (χ2v) is 8.78. The van der Waals surface area contributed by atoms with E-state index >= 15 is 0 Å². The summed E-state index contributed by atoms with van der Waals surface area (Å²) in [6, 6.07) is 28.4. The van der Waals surface area contributed by atoms with Gasteiger partial charge in [-0.25, -0.2) is 0 Å². The molecule has 1 saturated heterocycles. The SMILES string of the molecule is O=C1S/C(=C\c2cn(Cc3ccccc3)c3ccccc23)C(=O)N1CCc1ccccc1. The van der Waals surface area contributed by atoms with E-state index in [0.29, 0.717) is 17.9 Å². The van der Waals surface area contributed by atoms with Crippen LogP contribution < -0.4 is 0 Å². The lowest BCUT2D eigenvalue weighted by molar-refractivity contribution is -0.122. The maximum Gasteiger partial charge on any atom is 0.293 e. The molecule has 2 heterocycles. The smallest absolute Gasteiger partial charge is 0.293 e. The molecule has 1 aromatic heterocycles. The molecule has 4 aromatic rings. The number of nitrogens with zero attached hydrogens (tertiary/aromatic N) is 2. The van der Waals surface area contributed by atoms with E-state index < -0.39 is 0 Å². The zero-order valence-electron chi connectivity index (χ0n) is 17.5. The molecule has 0 unspecified atom stereocenters. The Labute approximate surface area is 191 Å². The van der Waals surface area contributed by atoms with Crippen molar-refractivity contribution in [3.05, 3.63) is 113 Å². The van der Waals surface area contributed by atoms with E-state index in [-0.39, 0.29) is 11.1 Å². The van der Waals surface area contributed by atoms with Gasteiger partial charge in [0, 0.05) is 35.8 Å². The zero-order valence-corrected chi connectivity index (χ0v) is 18.3. The van der Waals surface area contributed by atoms with Crippen LogP contribution in [-0.2, 0) is 17.8 Å². The van der Waals surface area contributed by atoms with Crippen LogP contribution in [0.4, 0.5) is 4.79 Å². The topological polar surface area (TPSA) is 42.3 Å². The van der Waals surface area contributed by atoms with Crippen LogP contribution in [0.25, 0.3) is 17.0 Å². The van der Waals surface area contributed by atoms with Gasteiger partial charge in [0.1, 0.15) is 0 Å². The minimum atomic E-state index is -0.212. The highest BCUT2D eigenvalue weighted by Gasteiger charge is 2.34. The first kappa shape index (κ1) is 20.3. The standard InChI is InChI=1S/C27H22N2O2S/c30-26-25(32-27(31)29(26)16-15-20-9-3-1-4-10-20)17-22-19-28(18-21-11-5-2-6-12-21)24-14-8-7-13-23(22)24/h1-14,17,19H,15-16,18H2/b25-17-. The van der Waals surface area contributed by atoms with Crippen LogP contribution in [0.5, 0.6) is 0 Å². The molecule has 4 nitrogen and oxygen atoms in total. The number of amides is 2. The average Bonchev–Trinajstić information content (AvgIpc) is 3.30. The van der Waals surface area contributed by atoms with E-state index in [1.54, 1.807) is 0 Å². The lowest BCUT2D eigenvalue weighted by Gasteiger charge is -2.12. The third-order valence-corrected chi connectivity index (χ3v) is 6.55.